The smallest absolute Gasteiger partial charge is 0.490 e. The van der Waals surface area contributed by atoms with Gasteiger partial charge in [-0.1, -0.05) is 17.7 Å². The van der Waals surface area contributed by atoms with Gasteiger partial charge in [-0.25, -0.2) is 24.5 Å². The van der Waals surface area contributed by atoms with Crippen molar-refractivity contribution in [2.24, 2.45) is 0 Å². The molecule has 0 saturated heterocycles. The fourth-order valence-electron chi connectivity index (χ4n) is 3.68. The van der Waals surface area contributed by atoms with Gasteiger partial charge in [0, 0.05) is 38.0 Å². The number of nitrogens with one attached hydrogen (secondary N) is 2. The van der Waals surface area contributed by atoms with E-state index in [1.54, 1.807) is 44.8 Å². The van der Waals surface area contributed by atoms with Crippen molar-refractivity contribution in [3.63, 3.8) is 0 Å². The minimum absolute atomic E-state index is 0.212. The number of hydrogen-bond donors (Lipinski definition) is 4. The van der Waals surface area contributed by atoms with Crippen molar-refractivity contribution in [2.45, 2.75) is 25.7 Å². The molecule has 262 valence electrons. The minimum atomic E-state index is -5.08. The van der Waals surface area contributed by atoms with Crippen molar-refractivity contribution in [1.82, 2.24) is 29.8 Å². The number of rotatable bonds is 8. The lowest BCUT2D eigenvalue weighted by Crippen LogP contribution is -2.22. The molecule has 0 spiro atoms. The number of H-pyrrole nitrogens is 1. The number of benzene rings is 1. The number of imidazole rings is 1. The number of alkyl halides is 6. The Balaban J connectivity index is 0.000000500. The molecule has 4 rings (SSSR count). The Labute approximate surface area is 277 Å². The summed E-state index contributed by atoms with van der Waals surface area (Å²) in [5.41, 5.74) is 3.88. The molecule has 21 heteroatoms. The van der Waals surface area contributed by atoms with E-state index in [4.69, 9.17) is 36.1 Å². The van der Waals surface area contributed by atoms with Crippen molar-refractivity contribution in [1.29, 1.82) is 5.26 Å². The molecule has 0 aliphatic carbocycles. The summed E-state index contributed by atoms with van der Waals surface area (Å²) in [6, 6.07) is 7.31. The number of aromatic nitrogens is 5. The van der Waals surface area contributed by atoms with Crippen LogP contribution in [0, 0.1) is 11.3 Å². The molecular formula is C28H25ClF6N8O6. The first kappa shape index (κ1) is 39.5. The van der Waals surface area contributed by atoms with Gasteiger partial charge in [-0.3, -0.25) is 9.78 Å². The number of carbonyl (C=O) groups is 3. The van der Waals surface area contributed by atoms with Crippen molar-refractivity contribution in [3.05, 3.63) is 58.9 Å². The van der Waals surface area contributed by atoms with Crippen LogP contribution in [0.5, 0.6) is 5.75 Å². The molecule has 4 N–H and O–H groups in total. The predicted molar refractivity (Wildman–Crippen MR) is 160 cm³/mol. The van der Waals surface area contributed by atoms with Gasteiger partial charge in [0.05, 0.1) is 23.5 Å². The van der Waals surface area contributed by atoms with Gasteiger partial charge in [0.1, 0.15) is 29.4 Å². The Hall–Kier alpha value is -5.71. The van der Waals surface area contributed by atoms with Gasteiger partial charge < -0.3 is 30.2 Å². The number of fused-ring (bicyclic) bond motifs is 1. The van der Waals surface area contributed by atoms with Crippen LogP contribution in [0.3, 0.4) is 0 Å². The van der Waals surface area contributed by atoms with Crippen LogP contribution < -0.4 is 10.1 Å². The number of nitriles is 1. The second kappa shape index (κ2) is 16.9. The lowest BCUT2D eigenvalue weighted by Gasteiger charge is -2.18. The standard InChI is InChI=1S/C24H23ClN8O2.2C2HF3O2/c1-4-35-21-14(7-8-27-22-20-23(30-12-29-20)32-13-31-22)9-17(25)16(10-26)19(21)15-5-6-18(28-11-15)24(34)33(2)3;2*3-2(4,5)1(6)7/h5-6,9,11-13H,4,7-8H2,1-3H3,(H2,27,29,30,31,32);2*(H,6,7). The Kier molecular flexibility index (Phi) is 13.6. The van der Waals surface area contributed by atoms with E-state index in [9.17, 15) is 36.4 Å². The number of aromatic amines is 1. The second-order valence-corrected chi connectivity index (χ2v) is 9.79. The molecule has 0 radical (unpaired) electrons. The molecule has 3 heterocycles. The molecule has 1 aromatic carbocycles. The molecule has 49 heavy (non-hydrogen) atoms. The summed E-state index contributed by atoms with van der Waals surface area (Å²) in [5.74, 6) is -4.54. The SMILES string of the molecule is CCOc1c(CCNc2ncnc3nc[nH]c23)cc(Cl)c(C#N)c1-c1ccc(C(=O)N(C)C)nc1.O=C(O)C(F)(F)F.O=C(O)C(F)(F)F. The zero-order chi connectivity index (χ0) is 37.1. The first-order valence-electron chi connectivity index (χ1n) is 13.4. The lowest BCUT2D eigenvalue weighted by atomic mass is 9.95. The van der Waals surface area contributed by atoms with Gasteiger partial charge in [0.2, 0.25) is 0 Å². The molecule has 1 amide bonds. The summed E-state index contributed by atoms with van der Waals surface area (Å²) in [5, 5.41) is 27.7. The monoisotopic (exact) mass is 718 g/mol. The van der Waals surface area contributed by atoms with Crippen LogP contribution in [0.15, 0.2) is 37.1 Å². The van der Waals surface area contributed by atoms with Gasteiger partial charge in [0.25, 0.3) is 5.91 Å². The molecule has 0 bridgehead atoms. The van der Waals surface area contributed by atoms with Crippen LogP contribution >= 0.6 is 11.6 Å². The molecule has 0 unspecified atom stereocenters. The third-order valence-corrected chi connectivity index (χ3v) is 6.08. The molecule has 0 aliphatic rings. The maximum atomic E-state index is 12.2. The Bertz CT molecular complexity index is 1800. The first-order valence-corrected chi connectivity index (χ1v) is 13.8. The largest absolute Gasteiger partial charge is 0.493 e. The number of anilines is 1. The number of carboxylic acid groups (broad SMARTS) is 2. The van der Waals surface area contributed by atoms with Crippen molar-refractivity contribution in [2.75, 3.05) is 32.6 Å². The number of carboxylic acids is 2. The van der Waals surface area contributed by atoms with E-state index in [1.165, 1.54) is 11.2 Å². The van der Waals surface area contributed by atoms with Gasteiger partial charge in [-0.15, -0.1) is 0 Å². The lowest BCUT2D eigenvalue weighted by molar-refractivity contribution is -0.193. The van der Waals surface area contributed by atoms with E-state index < -0.39 is 24.3 Å². The highest BCUT2D eigenvalue weighted by molar-refractivity contribution is 6.32. The topological polar surface area (TPSA) is 207 Å². The van der Waals surface area contributed by atoms with Crippen LogP contribution in [-0.4, -0.2) is 97.5 Å². The van der Waals surface area contributed by atoms with E-state index in [0.29, 0.717) is 58.6 Å². The number of aliphatic carboxylic acids is 2. The highest BCUT2D eigenvalue weighted by atomic mass is 35.5. The third kappa shape index (κ3) is 10.9. The molecule has 3 aromatic heterocycles. The zero-order valence-electron chi connectivity index (χ0n) is 25.4. The van der Waals surface area contributed by atoms with E-state index in [1.807, 2.05) is 6.92 Å². The maximum Gasteiger partial charge on any atom is 0.490 e. The fraction of sp³-hybridized carbons (Fsp3) is 0.286. The number of halogens is 7. The Morgan fingerprint density at radius 3 is 2.14 bits per heavy atom. The van der Waals surface area contributed by atoms with Gasteiger partial charge >= 0.3 is 24.3 Å². The van der Waals surface area contributed by atoms with E-state index in [-0.39, 0.29) is 11.5 Å². The third-order valence-electron chi connectivity index (χ3n) is 5.78. The first-order chi connectivity index (χ1) is 22.8. The summed E-state index contributed by atoms with van der Waals surface area (Å²) >= 11 is 6.53. The highest BCUT2D eigenvalue weighted by Crippen LogP contribution is 2.40. The fourth-order valence-corrected chi connectivity index (χ4v) is 3.94. The number of amides is 1. The van der Waals surface area contributed by atoms with Gasteiger partial charge in [-0.2, -0.15) is 31.6 Å². The summed E-state index contributed by atoms with van der Waals surface area (Å²) < 4.78 is 69.5. The van der Waals surface area contributed by atoms with E-state index in [2.05, 4.69) is 36.3 Å². The van der Waals surface area contributed by atoms with Crippen LogP contribution in [-0.2, 0) is 16.0 Å². The van der Waals surface area contributed by atoms with Gasteiger partial charge in [0.15, 0.2) is 11.5 Å². The summed E-state index contributed by atoms with van der Waals surface area (Å²) in [6.45, 7) is 2.78. The summed E-state index contributed by atoms with van der Waals surface area (Å²) in [7, 11) is 3.32. The predicted octanol–water partition coefficient (Wildman–Crippen LogP) is 4.96. The maximum absolute atomic E-state index is 12.2. The number of ether oxygens (including phenoxy) is 1. The average Bonchev–Trinajstić information content (AvgIpc) is 3.51. The van der Waals surface area contributed by atoms with Gasteiger partial charge in [-0.05, 0) is 31.0 Å². The Morgan fingerprint density at radius 1 is 1.04 bits per heavy atom. The van der Waals surface area contributed by atoms with Crippen LogP contribution in [0.2, 0.25) is 5.02 Å². The van der Waals surface area contributed by atoms with Crippen molar-refractivity contribution in [3.8, 4) is 22.9 Å². The van der Waals surface area contributed by atoms with E-state index in [0.717, 1.165) is 11.1 Å². The van der Waals surface area contributed by atoms with E-state index >= 15 is 0 Å². The van der Waals surface area contributed by atoms with Crippen molar-refractivity contribution < 1.29 is 55.7 Å². The second-order valence-electron chi connectivity index (χ2n) is 9.38. The number of hydrogen-bond acceptors (Lipinski definition) is 10. The molecular weight excluding hydrogens is 694 g/mol. The molecule has 0 atom stereocenters. The average molecular weight is 719 g/mol. The van der Waals surface area contributed by atoms with Crippen LogP contribution in [0.4, 0.5) is 32.2 Å². The van der Waals surface area contributed by atoms with Crippen molar-refractivity contribution >= 4 is 46.4 Å². The normalized spacial score (nSPS) is 10.9. The summed E-state index contributed by atoms with van der Waals surface area (Å²) in [6.07, 6.45) is -5.05. The number of nitrogens with zero attached hydrogens (tertiary/aromatic N) is 6. The molecule has 0 fully saturated rings. The highest BCUT2D eigenvalue weighted by Gasteiger charge is 2.38. The summed E-state index contributed by atoms with van der Waals surface area (Å²) in [4.78, 5) is 51.4. The molecule has 14 nitrogen and oxygen atoms in total. The zero-order valence-corrected chi connectivity index (χ0v) is 26.2. The van der Waals surface area contributed by atoms with Crippen LogP contribution in [0.1, 0.15) is 28.5 Å². The quantitative estimate of drug-likeness (QED) is 0.178. The molecule has 0 saturated carbocycles. The number of carbonyl (C=O) groups excluding carboxylic acids is 1. The van der Waals surface area contributed by atoms with Crippen LogP contribution in [0.25, 0.3) is 22.3 Å². The molecule has 0 aliphatic heterocycles. The minimum Gasteiger partial charge on any atom is -0.493 e. The molecule has 4 aromatic rings. The number of pyridine rings is 1. The Morgan fingerprint density at radius 2 is 1.65 bits per heavy atom.